The fourth-order valence-electron chi connectivity index (χ4n) is 5.11. The van der Waals surface area contributed by atoms with Crippen LogP contribution in [0.2, 0.25) is 0 Å². The van der Waals surface area contributed by atoms with Gasteiger partial charge in [-0.2, -0.15) is 11.3 Å². The van der Waals surface area contributed by atoms with Crippen LogP contribution >= 0.6 is 11.3 Å². The van der Waals surface area contributed by atoms with E-state index in [1.807, 2.05) is 35.5 Å². The normalized spacial score (nSPS) is 29.0. The Labute approximate surface area is 180 Å². The molecule has 0 unspecified atom stereocenters. The van der Waals surface area contributed by atoms with Crippen LogP contribution in [0.5, 0.6) is 0 Å². The van der Waals surface area contributed by atoms with Gasteiger partial charge in [-0.3, -0.25) is 9.59 Å². The molecule has 30 heavy (non-hydrogen) atoms. The summed E-state index contributed by atoms with van der Waals surface area (Å²) in [6.45, 7) is 5.78. The van der Waals surface area contributed by atoms with Crippen molar-refractivity contribution in [2.45, 2.75) is 38.6 Å². The number of amides is 2. The molecule has 6 heteroatoms. The minimum absolute atomic E-state index is 0.0104. The highest BCUT2D eigenvalue weighted by Crippen LogP contribution is 2.52. The number of nitrogens with zero attached hydrogens (tertiary/aromatic N) is 2. The highest BCUT2D eigenvalue weighted by atomic mass is 32.1. The summed E-state index contributed by atoms with van der Waals surface area (Å²) >= 11 is 1.62. The number of likely N-dealkylation sites (tertiary alicyclic amines) is 1. The first-order valence-electron chi connectivity index (χ1n) is 10.4. The van der Waals surface area contributed by atoms with E-state index in [2.05, 4.69) is 37.4 Å². The van der Waals surface area contributed by atoms with E-state index >= 15 is 0 Å². The lowest BCUT2D eigenvalue weighted by Crippen LogP contribution is -2.44. The Morgan fingerprint density at radius 3 is 2.83 bits per heavy atom. The molecular formula is C24H26N2O3S. The summed E-state index contributed by atoms with van der Waals surface area (Å²) in [4.78, 5) is 30.4. The van der Waals surface area contributed by atoms with Crippen molar-refractivity contribution in [2.75, 3.05) is 13.6 Å². The van der Waals surface area contributed by atoms with Gasteiger partial charge >= 0.3 is 0 Å². The van der Waals surface area contributed by atoms with Crippen LogP contribution < -0.4 is 0 Å². The number of carbonyl (C=O) groups excluding carboxylic acids is 2. The van der Waals surface area contributed by atoms with Crippen LogP contribution in [0.25, 0.3) is 0 Å². The van der Waals surface area contributed by atoms with E-state index in [0.717, 1.165) is 11.1 Å². The van der Waals surface area contributed by atoms with Gasteiger partial charge in [-0.1, -0.05) is 30.4 Å². The van der Waals surface area contributed by atoms with Crippen LogP contribution in [0.15, 0.2) is 47.2 Å². The van der Waals surface area contributed by atoms with Crippen LogP contribution in [0.3, 0.4) is 0 Å². The summed E-state index contributed by atoms with van der Waals surface area (Å²) in [6.07, 6.45) is 3.69. The molecule has 1 aromatic carbocycles. The molecule has 2 aromatic rings. The van der Waals surface area contributed by atoms with E-state index < -0.39 is 17.4 Å². The van der Waals surface area contributed by atoms with Crippen LogP contribution in [0, 0.1) is 25.7 Å². The zero-order chi connectivity index (χ0) is 21.0. The van der Waals surface area contributed by atoms with Gasteiger partial charge in [0, 0.05) is 20.1 Å². The zero-order valence-corrected chi connectivity index (χ0v) is 18.3. The highest BCUT2D eigenvalue weighted by molar-refractivity contribution is 7.07. The number of thiophene rings is 1. The lowest BCUT2D eigenvalue weighted by molar-refractivity contribution is -0.142. The first-order valence-corrected chi connectivity index (χ1v) is 11.3. The number of rotatable bonds is 5. The third kappa shape index (κ3) is 3.01. The number of carbonyl (C=O) groups is 2. The molecule has 2 fully saturated rings. The molecule has 2 bridgehead atoms. The van der Waals surface area contributed by atoms with Gasteiger partial charge in [0.2, 0.25) is 11.8 Å². The number of aryl methyl sites for hydroxylation is 2. The summed E-state index contributed by atoms with van der Waals surface area (Å²) in [5.74, 6) is -0.862. The van der Waals surface area contributed by atoms with E-state index in [4.69, 9.17) is 4.74 Å². The minimum atomic E-state index is -0.662. The maximum Gasteiger partial charge on any atom is 0.230 e. The molecule has 0 radical (unpaired) electrons. The van der Waals surface area contributed by atoms with Crippen LogP contribution in [-0.4, -0.2) is 46.9 Å². The van der Waals surface area contributed by atoms with E-state index in [1.54, 1.807) is 16.2 Å². The standard InChI is InChI=1S/C24H26N2O3S/c1-15-4-5-17(10-16(15)2)12-26-14-24-8-6-19(29-24)20(21(24)23(26)28)22(27)25(3)11-18-7-9-30-13-18/h4-10,13,19-21H,11-12,14H2,1-3H3/t19-,20+,21-,24-/m0/s1. The first kappa shape index (κ1) is 19.5. The quantitative estimate of drug-likeness (QED) is 0.695. The fourth-order valence-corrected chi connectivity index (χ4v) is 5.76. The summed E-state index contributed by atoms with van der Waals surface area (Å²) in [5, 5.41) is 4.06. The fraction of sp³-hybridized carbons (Fsp3) is 0.417. The molecule has 156 valence electrons. The van der Waals surface area contributed by atoms with Crippen molar-refractivity contribution in [1.82, 2.24) is 9.80 Å². The Morgan fingerprint density at radius 1 is 1.27 bits per heavy atom. The lowest BCUT2D eigenvalue weighted by atomic mass is 9.76. The van der Waals surface area contributed by atoms with Gasteiger partial charge in [0.15, 0.2) is 0 Å². The topological polar surface area (TPSA) is 49.9 Å². The van der Waals surface area contributed by atoms with Crippen LogP contribution in [0.1, 0.15) is 22.3 Å². The third-order valence-corrected chi connectivity index (χ3v) is 7.52. The van der Waals surface area contributed by atoms with E-state index in [-0.39, 0.29) is 17.9 Å². The van der Waals surface area contributed by atoms with Gasteiger partial charge in [0.25, 0.3) is 0 Å². The lowest BCUT2D eigenvalue weighted by Gasteiger charge is -2.27. The molecule has 5 nitrogen and oxygen atoms in total. The van der Waals surface area contributed by atoms with Crippen LogP contribution in [0.4, 0.5) is 0 Å². The summed E-state index contributed by atoms with van der Waals surface area (Å²) in [6, 6.07) is 8.34. The average molecular weight is 423 g/mol. The van der Waals surface area contributed by atoms with E-state index in [0.29, 0.717) is 19.6 Å². The average Bonchev–Trinajstić information content (AvgIpc) is 3.47. The van der Waals surface area contributed by atoms with Crippen molar-refractivity contribution >= 4 is 23.2 Å². The third-order valence-electron chi connectivity index (χ3n) is 6.78. The number of fused-ring (bicyclic) bond motifs is 1. The maximum absolute atomic E-state index is 13.4. The number of ether oxygens (including phenoxy) is 1. The zero-order valence-electron chi connectivity index (χ0n) is 17.5. The SMILES string of the molecule is Cc1ccc(CN2C[C@]34C=C[C@H](O3)[C@@H](C(=O)N(C)Cc3ccsc3)[C@H]4C2=O)cc1C. The minimum Gasteiger partial charge on any atom is -0.360 e. The molecule has 0 N–H and O–H groups in total. The van der Waals surface area contributed by atoms with Crippen molar-refractivity contribution in [3.63, 3.8) is 0 Å². The van der Waals surface area contributed by atoms with E-state index in [1.165, 1.54) is 11.1 Å². The van der Waals surface area contributed by atoms with Crippen molar-refractivity contribution in [3.05, 3.63) is 69.4 Å². The molecule has 5 rings (SSSR count). The smallest absolute Gasteiger partial charge is 0.230 e. The van der Waals surface area contributed by atoms with Gasteiger partial charge in [0.1, 0.15) is 5.60 Å². The summed E-state index contributed by atoms with van der Waals surface area (Å²) in [7, 11) is 1.81. The van der Waals surface area contributed by atoms with E-state index in [9.17, 15) is 9.59 Å². The molecule has 1 aromatic heterocycles. The number of benzene rings is 1. The summed E-state index contributed by atoms with van der Waals surface area (Å²) < 4.78 is 6.27. The predicted octanol–water partition coefficient (Wildman–Crippen LogP) is 3.31. The number of hydrogen-bond donors (Lipinski definition) is 0. The Morgan fingerprint density at radius 2 is 2.10 bits per heavy atom. The molecule has 4 heterocycles. The molecule has 4 atom stereocenters. The largest absolute Gasteiger partial charge is 0.360 e. The van der Waals surface area contributed by atoms with Crippen molar-refractivity contribution in [3.8, 4) is 0 Å². The Bertz CT molecular complexity index is 1030. The molecule has 3 aliphatic heterocycles. The second kappa shape index (κ2) is 7.06. The van der Waals surface area contributed by atoms with Gasteiger partial charge in [-0.05, 0) is 52.9 Å². The maximum atomic E-state index is 13.4. The first-order chi connectivity index (χ1) is 14.4. The van der Waals surface area contributed by atoms with Crippen molar-refractivity contribution in [1.29, 1.82) is 0 Å². The second-order valence-electron chi connectivity index (χ2n) is 8.84. The molecular weight excluding hydrogens is 396 g/mol. The molecule has 2 amide bonds. The van der Waals surface area contributed by atoms with Crippen molar-refractivity contribution in [2.24, 2.45) is 11.8 Å². The van der Waals surface area contributed by atoms with Crippen molar-refractivity contribution < 1.29 is 14.3 Å². The highest BCUT2D eigenvalue weighted by Gasteiger charge is 2.67. The molecule has 3 aliphatic rings. The second-order valence-corrected chi connectivity index (χ2v) is 9.62. The molecule has 0 saturated carbocycles. The Balaban J connectivity index is 1.36. The van der Waals surface area contributed by atoms with Gasteiger partial charge in [-0.25, -0.2) is 0 Å². The Hall–Kier alpha value is -2.44. The molecule has 2 saturated heterocycles. The molecule has 0 aliphatic carbocycles. The van der Waals surface area contributed by atoms with Gasteiger partial charge in [-0.15, -0.1) is 0 Å². The number of hydrogen-bond acceptors (Lipinski definition) is 4. The monoisotopic (exact) mass is 422 g/mol. The predicted molar refractivity (Wildman–Crippen MR) is 116 cm³/mol. The van der Waals surface area contributed by atoms with Gasteiger partial charge in [0.05, 0.1) is 24.5 Å². The van der Waals surface area contributed by atoms with Gasteiger partial charge < -0.3 is 14.5 Å². The van der Waals surface area contributed by atoms with Crippen LogP contribution in [-0.2, 0) is 27.4 Å². The summed E-state index contributed by atoms with van der Waals surface area (Å²) in [5.41, 5.74) is 4.02. The molecule has 1 spiro atoms. The Kier molecular flexibility index (Phi) is 4.60.